The van der Waals surface area contributed by atoms with Crippen molar-refractivity contribution in [2.75, 3.05) is 6.54 Å². The second kappa shape index (κ2) is 5.66. The minimum absolute atomic E-state index is 0.0567. The van der Waals surface area contributed by atoms with E-state index in [0.29, 0.717) is 6.54 Å². The van der Waals surface area contributed by atoms with E-state index in [1.165, 1.54) is 6.92 Å². The standard InChI is InChI=1S/C12H17FN2O3S/c1-7(2)6-15-12(16)10-5-9(19(14,17)18)4-8(3)11(10)13/h4-5,7H,6H2,1-3H3,(H,15,16)(H2,14,17,18). The van der Waals surface area contributed by atoms with Crippen molar-refractivity contribution >= 4 is 15.9 Å². The van der Waals surface area contributed by atoms with E-state index in [-0.39, 0.29) is 21.9 Å². The van der Waals surface area contributed by atoms with E-state index in [1.54, 1.807) is 0 Å². The summed E-state index contributed by atoms with van der Waals surface area (Å²) in [5.74, 6) is -1.19. The molecule has 0 heterocycles. The Morgan fingerprint density at radius 3 is 2.47 bits per heavy atom. The smallest absolute Gasteiger partial charge is 0.254 e. The zero-order valence-electron chi connectivity index (χ0n) is 11.0. The molecule has 0 aliphatic carbocycles. The van der Waals surface area contributed by atoms with Gasteiger partial charge in [0.05, 0.1) is 10.5 Å². The van der Waals surface area contributed by atoms with Crippen LogP contribution in [0.3, 0.4) is 0 Å². The molecule has 1 rings (SSSR count). The molecule has 5 nitrogen and oxygen atoms in total. The zero-order chi connectivity index (χ0) is 14.8. The lowest BCUT2D eigenvalue weighted by atomic mass is 10.1. The van der Waals surface area contributed by atoms with Crippen molar-refractivity contribution in [1.82, 2.24) is 5.32 Å². The van der Waals surface area contributed by atoms with Crippen molar-refractivity contribution in [1.29, 1.82) is 0 Å². The van der Waals surface area contributed by atoms with Crippen LogP contribution in [0.5, 0.6) is 0 Å². The van der Waals surface area contributed by atoms with Crippen LogP contribution in [-0.2, 0) is 10.0 Å². The summed E-state index contributed by atoms with van der Waals surface area (Å²) in [6, 6.07) is 2.05. The molecule has 7 heteroatoms. The van der Waals surface area contributed by atoms with Crippen LogP contribution in [0, 0.1) is 18.7 Å². The number of aryl methyl sites for hydroxylation is 1. The molecule has 0 saturated carbocycles. The van der Waals surface area contributed by atoms with Gasteiger partial charge in [0.15, 0.2) is 0 Å². The third-order valence-electron chi connectivity index (χ3n) is 2.47. The topological polar surface area (TPSA) is 89.3 Å². The summed E-state index contributed by atoms with van der Waals surface area (Å²) in [6.07, 6.45) is 0. The molecule has 0 radical (unpaired) electrons. The molecule has 0 spiro atoms. The minimum Gasteiger partial charge on any atom is -0.352 e. The molecule has 19 heavy (non-hydrogen) atoms. The molecule has 0 saturated heterocycles. The molecule has 1 amide bonds. The van der Waals surface area contributed by atoms with E-state index in [0.717, 1.165) is 12.1 Å². The highest BCUT2D eigenvalue weighted by Gasteiger charge is 2.19. The Morgan fingerprint density at radius 2 is 2.00 bits per heavy atom. The number of sulfonamides is 1. The number of nitrogens with one attached hydrogen (secondary N) is 1. The first-order valence-electron chi connectivity index (χ1n) is 5.74. The average molecular weight is 288 g/mol. The van der Waals surface area contributed by atoms with Gasteiger partial charge in [-0.3, -0.25) is 4.79 Å². The summed E-state index contributed by atoms with van der Waals surface area (Å²) < 4.78 is 36.4. The lowest BCUT2D eigenvalue weighted by Crippen LogP contribution is -2.28. The Kier molecular flexibility index (Phi) is 4.65. The molecule has 1 aromatic carbocycles. The van der Waals surface area contributed by atoms with Gasteiger partial charge in [-0.15, -0.1) is 0 Å². The number of benzene rings is 1. The number of carbonyl (C=O) groups is 1. The second-order valence-corrected chi connectivity index (χ2v) is 6.31. The van der Waals surface area contributed by atoms with E-state index in [1.807, 2.05) is 13.8 Å². The number of carbonyl (C=O) groups excluding carboxylic acids is 1. The van der Waals surface area contributed by atoms with Gasteiger partial charge in [0, 0.05) is 6.54 Å². The van der Waals surface area contributed by atoms with Crippen molar-refractivity contribution in [2.24, 2.45) is 11.1 Å². The normalized spacial score (nSPS) is 11.7. The largest absolute Gasteiger partial charge is 0.352 e. The van der Waals surface area contributed by atoms with Crippen LogP contribution < -0.4 is 10.5 Å². The quantitative estimate of drug-likeness (QED) is 0.871. The number of hydrogen-bond acceptors (Lipinski definition) is 3. The van der Waals surface area contributed by atoms with Gasteiger partial charge in [0.25, 0.3) is 5.91 Å². The molecule has 1 aromatic rings. The van der Waals surface area contributed by atoms with E-state index in [9.17, 15) is 17.6 Å². The lowest BCUT2D eigenvalue weighted by Gasteiger charge is -2.11. The monoisotopic (exact) mass is 288 g/mol. The van der Waals surface area contributed by atoms with Crippen LogP contribution in [0.25, 0.3) is 0 Å². The number of rotatable bonds is 4. The Hall–Kier alpha value is -1.47. The molecule has 0 aliphatic rings. The maximum atomic E-state index is 13.8. The maximum Gasteiger partial charge on any atom is 0.254 e. The van der Waals surface area contributed by atoms with Crippen LogP contribution in [-0.4, -0.2) is 20.9 Å². The number of amides is 1. The van der Waals surface area contributed by atoms with E-state index in [2.05, 4.69) is 5.32 Å². The van der Waals surface area contributed by atoms with Crippen LogP contribution in [0.15, 0.2) is 17.0 Å². The van der Waals surface area contributed by atoms with Crippen LogP contribution in [0.4, 0.5) is 4.39 Å². The molecule has 0 aliphatic heterocycles. The Morgan fingerprint density at radius 1 is 1.42 bits per heavy atom. The highest BCUT2D eigenvalue weighted by atomic mass is 32.2. The Bertz CT molecular complexity index is 597. The predicted molar refractivity (Wildman–Crippen MR) is 69.7 cm³/mol. The van der Waals surface area contributed by atoms with Crippen LogP contribution in [0.2, 0.25) is 0 Å². The van der Waals surface area contributed by atoms with Gasteiger partial charge < -0.3 is 5.32 Å². The molecule has 0 fully saturated rings. The fraction of sp³-hybridized carbons (Fsp3) is 0.417. The van der Waals surface area contributed by atoms with E-state index >= 15 is 0 Å². The Labute approximate surface area is 112 Å². The van der Waals surface area contributed by atoms with Crippen molar-refractivity contribution in [3.8, 4) is 0 Å². The third kappa shape index (κ3) is 4.00. The van der Waals surface area contributed by atoms with Gasteiger partial charge in [-0.1, -0.05) is 13.8 Å². The number of hydrogen-bond donors (Lipinski definition) is 2. The molecule has 0 atom stereocenters. The lowest BCUT2D eigenvalue weighted by molar-refractivity contribution is 0.0944. The second-order valence-electron chi connectivity index (χ2n) is 4.75. The molecular formula is C12H17FN2O3S. The van der Waals surface area contributed by atoms with Gasteiger partial charge in [-0.05, 0) is 30.5 Å². The highest BCUT2D eigenvalue weighted by molar-refractivity contribution is 7.89. The van der Waals surface area contributed by atoms with Gasteiger partial charge in [-0.2, -0.15) is 0 Å². The predicted octanol–water partition coefficient (Wildman–Crippen LogP) is 1.17. The molecule has 106 valence electrons. The summed E-state index contributed by atoms with van der Waals surface area (Å²) >= 11 is 0. The summed E-state index contributed by atoms with van der Waals surface area (Å²) in [7, 11) is -3.98. The van der Waals surface area contributed by atoms with Crippen LogP contribution >= 0.6 is 0 Å². The summed E-state index contributed by atoms with van der Waals surface area (Å²) in [5.41, 5.74) is -0.258. The van der Waals surface area contributed by atoms with E-state index in [4.69, 9.17) is 5.14 Å². The average Bonchev–Trinajstić information content (AvgIpc) is 2.27. The summed E-state index contributed by atoms with van der Waals surface area (Å²) in [6.45, 7) is 5.53. The SMILES string of the molecule is Cc1cc(S(N)(=O)=O)cc(C(=O)NCC(C)C)c1F. The van der Waals surface area contributed by atoms with Crippen LogP contribution in [0.1, 0.15) is 29.8 Å². The first-order valence-corrected chi connectivity index (χ1v) is 7.28. The Balaban J connectivity index is 3.20. The molecule has 3 N–H and O–H groups in total. The summed E-state index contributed by atoms with van der Waals surface area (Å²) in [5, 5.41) is 7.52. The molecule has 0 bridgehead atoms. The van der Waals surface area contributed by atoms with Crippen molar-refractivity contribution in [2.45, 2.75) is 25.7 Å². The number of nitrogens with two attached hydrogens (primary N) is 1. The van der Waals surface area contributed by atoms with Gasteiger partial charge in [0.2, 0.25) is 10.0 Å². The van der Waals surface area contributed by atoms with Gasteiger partial charge in [0.1, 0.15) is 5.82 Å². The first-order chi connectivity index (χ1) is 8.62. The molecular weight excluding hydrogens is 271 g/mol. The fourth-order valence-electron chi connectivity index (χ4n) is 1.46. The van der Waals surface area contributed by atoms with Gasteiger partial charge >= 0.3 is 0 Å². The number of halogens is 1. The highest BCUT2D eigenvalue weighted by Crippen LogP contribution is 2.18. The molecule has 0 unspecified atom stereocenters. The fourth-order valence-corrected chi connectivity index (χ4v) is 2.08. The zero-order valence-corrected chi connectivity index (χ0v) is 11.8. The first kappa shape index (κ1) is 15.6. The van der Waals surface area contributed by atoms with E-state index < -0.39 is 21.7 Å². The van der Waals surface area contributed by atoms with Crippen molar-refractivity contribution in [3.05, 3.63) is 29.1 Å². The van der Waals surface area contributed by atoms with Crippen molar-refractivity contribution in [3.63, 3.8) is 0 Å². The third-order valence-corrected chi connectivity index (χ3v) is 3.36. The minimum atomic E-state index is -3.98. The molecule has 0 aromatic heterocycles. The van der Waals surface area contributed by atoms with Gasteiger partial charge in [-0.25, -0.2) is 17.9 Å². The summed E-state index contributed by atoms with van der Waals surface area (Å²) in [4.78, 5) is 11.5. The maximum absolute atomic E-state index is 13.8. The van der Waals surface area contributed by atoms with Crippen molar-refractivity contribution < 1.29 is 17.6 Å². The number of primary sulfonamides is 1.